The second-order valence-corrected chi connectivity index (χ2v) is 2.53. The molecular weight excluding hydrogens is 184 g/mol. The van der Waals surface area contributed by atoms with Crippen molar-refractivity contribution in [2.24, 2.45) is 16.0 Å². The van der Waals surface area contributed by atoms with Crippen molar-refractivity contribution in [3.05, 3.63) is 11.8 Å². The van der Waals surface area contributed by atoms with E-state index in [1.54, 1.807) is 0 Å². The summed E-state index contributed by atoms with van der Waals surface area (Å²) in [6.07, 6.45) is 1.04. The molecule has 1 amide bonds. The fourth-order valence-corrected chi connectivity index (χ4v) is 0.823. The normalized spacial score (nSPS) is 26.6. The smallest absolute Gasteiger partial charge is 0.347 e. The molecule has 2 N–H and O–H groups in total. The highest BCUT2D eigenvalue weighted by atomic mass is 19.3. The summed E-state index contributed by atoms with van der Waals surface area (Å²) in [4.78, 5) is 10.5. The van der Waals surface area contributed by atoms with Crippen LogP contribution in [0.25, 0.3) is 0 Å². The molecule has 0 bridgehead atoms. The van der Waals surface area contributed by atoms with E-state index in [4.69, 9.17) is 5.73 Å². The number of nitrogens with zero attached hydrogens (tertiary/aromatic N) is 2. The van der Waals surface area contributed by atoms with E-state index in [2.05, 4.69) is 15.0 Å². The van der Waals surface area contributed by atoms with Gasteiger partial charge in [-0.15, -0.1) is 10.2 Å². The van der Waals surface area contributed by atoms with Gasteiger partial charge in [0.1, 0.15) is 0 Å². The molecule has 5 nitrogen and oxygen atoms in total. The molecule has 1 aliphatic rings. The van der Waals surface area contributed by atoms with Crippen LogP contribution in [0.5, 0.6) is 0 Å². The molecule has 0 saturated heterocycles. The van der Waals surface area contributed by atoms with Crippen LogP contribution in [0.4, 0.5) is 8.78 Å². The summed E-state index contributed by atoms with van der Waals surface area (Å²) in [7, 11) is 0. The molecule has 0 spiro atoms. The highest BCUT2D eigenvalue weighted by Gasteiger charge is 2.32. The maximum Gasteiger partial charge on any atom is 0.347 e. The SMILES string of the molecule is CC1(OC(F)F)C=C(C(N)=O)N=N1. The Morgan fingerprint density at radius 1 is 1.77 bits per heavy atom. The molecule has 7 heteroatoms. The predicted octanol–water partition coefficient (Wildman–Crippen LogP) is 0.777. The number of amides is 1. The van der Waals surface area contributed by atoms with Gasteiger partial charge in [0.05, 0.1) is 0 Å². The molecule has 1 heterocycles. The number of carbonyl (C=O) groups is 1. The molecule has 1 unspecified atom stereocenters. The second kappa shape index (κ2) is 3.17. The number of rotatable bonds is 3. The van der Waals surface area contributed by atoms with Crippen LogP contribution in [0, 0.1) is 0 Å². The van der Waals surface area contributed by atoms with Crippen molar-refractivity contribution in [2.75, 3.05) is 0 Å². The number of azo groups is 1. The Hall–Kier alpha value is -1.37. The van der Waals surface area contributed by atoms with Crippen LogP contribution in [0.15, 0.2) is 22.0 Å². The van der Waals surface area contributed by atoms with Gasteiger partial charge in [-0.05, 0) is 6.92 Å². The number of primary amides is 1. The fourth-order valence-electron chi connectivity index (χ4n) is 0.823. The Kier molecular flexibility index (Phi) is 2.37. The van der Waals surface area contributed by atoms with Crippen LogP contribution in [0.3, 0.4) is 0 Å². The van der Waals surface area contributed by atoms with Crippen LogP contribution in [0.2, 0.25) is 0 Å². The molecule has 0 aliphatic carbocycles. The van der Waals surface area contributed by atoms with Crippen LogP contribution in [-0.4, -0.2) is 18.2 Å². The summed E-state index contributed by atoms with van der Waals surface area (Å²) < 4.78 is 27.7. The molecule has 0 aromatic rings. The molecule has 0 fully saturated rings. The highest BCUT2D eigenvalue weighted by Crippen LogP contribution is 2.26. The van der Waals surface area contributed by atoms with Gasteiger partial charge >= 0.3 is 6.61 Å². The first-order valence-corrected chi connectivity index (χ1v) is 3.34. The lowest BCUT2D eigenvalue weighted by Gasteiger charge is -2.15. The average molecular weight is 191 g/mol. The van der Waals surface area contributed by atoms with Crippen molar-refractivity contribution in [3.63, 3.8) is 0 Å². The minimum absolute atomic E-state index is 0.178. The monoisotopic (exact) mass is 191 g/mol. The number of ether oxygens (including phenoxy) is 1. The summed E-state index contributed by atoms with van der Waals surface area (Å²) in [6.45, 7) is -1.73. The maximum atomic E-state index is 11.8. The zero-order valence-corrected chi connectivity index (χ0v) is 6.70. The minimum Gasteiger partial charge on any atom is -0.364 e. The molecular formula is C6H7F2N3O2. The predicted molar refractivity (Wildman–Crippen MR) is 37.6 cm³/mol. The van der Waals surface area contributed by atoms with E-state index in [9.17, 15) is 13.6 Å². The van der Waals surface area contributed by atoms with Crippen molar-refractivity contribution in [1.82, 2.24) is 0 Å². The van der Waals surface area contributed by atoms with Gasteiger partial charge in [-0.2, -0.15) is 8.78 Å². The van der Waals surface area contributed by atoms with Gasteiger partial charge in [0.25, 0.3) is 5.91 Å². The van der Waals surface area contributed by atoms with Crippen molar-refractivity contribution in [1.29, 1.82) is 0 Å². The van der Waals surface area contributed by atoms with Gasteiger partial charge in [-0.1, -0.05) is 0 Å². The third-order valence-corrected chi connectivity index (χ3v) is 1.34. The van der Waals surface area contributed by atoms with Crippen LogP contribution >= 0.6 is 0 Å². The van der Waals surface area contributed by atoms with Gasteiger partial charge in [0.2, 0.25) is 5.72 Å². The van der Waals surface area contributed by atoms with E-state index in [0.717, 1.165) is 6.08 Å². The van der Waals surface area contributed by atoms with Gasteiger partial charge in [0, 0.05) is 6.08 Å². The Morgan fingerprint density at radius 2 is 2.38 bits per heavy atom. The Labute approximate surface area is 72.3 Å². The lowest BCUT2D eigenvalue weighted by Crippen LogP contribution is -2.24. The van der Waals surface area contributed by atoms with Crippen LogP contribution in [0.1, 0.15) is 6.92 Å². The maximum absolute atomic E-state index is 11.8. The number of alkyl halides is 2. The largest absolute Gasteiger partial charge is 0.364 e. The molecule has 13 heavy (non-hydrogen) atoms. The third kappa shape index (κ3) is 2.28. The molecule has 0 aromatic carbocycles. The van der Waals surface area contributed by atoms with Crippen LogP contribution in [-0.2, 0) is 9.53 Å². The zero-order chi connectivity index (χ0) is 10.1. The topological polar surface area (TPSA) is 77.0 Å². The minimum atomic E-state index is -2.98. The third-order valence-electron chi connectivity index (χ3n) is 1.34. The molecule has 0 aromatic heterocycles. The van der Waals surface area contributed by atoms with E-state index < -0.39 is 18.2 Å². The Bertz CT molecular complexity index is 290. The molecule has 72 valence electrons. The number of hydrogen-bond acceptors (Lipinski definition) is 4. The molecule has 1 aliphatic heterocycles. The molecule has 0 saturated carbocycles. The van der Waals surface area contributed by atoms with E-state index in [-0.39, 0.29) is 5.70 Å². The van der Waals surface area contributed by atoms with Crippen LogP contribution < -0.4 is 5.73 Å². The quantitative estimate of drug-likeness (QED) is 0.715. The average Bonchev–Trinajstić information content (AvgIpc) is 2.29. The zero-order valence-electron chi connectivity index (χ0n) is 6.70. The highest BCUT2D eigenvalue weighted by molar-refractivity contribution is 5.91. The van der Waals surface area contributed by atoms with E-state index in [1.165, 1.54) is 6.92 Å². The second-order valence-electron chi connectivity index (χ2n) is 2.53. The van der Waals surface area contributed by atoms with Gasteiger partial charge in [-0.3, -0.25) is 9.53 Å². The van der Waals surface area contributed by atoms with E-state index in [0.29, 0.717) is 0 Å². The molecule has 0 radical (unpaired) electrons. The van der Waals surface area contributed by atoms with Crippen molar-refractivity contribution >= 4 is 5.91 Å². The first-order valence-electron chi connectivity index (χ1n) is 3.34. The van der Waals surface area contributed by atoms with E-state index in [1.807, 2.05) is 0 Å². The Balaban J connectivity index is 2.76. The number of carbonyl (C=O) groups excluding carboxylic acids is 1. The van der Waals surface area contributed by atoms with Crippen molar-refractivity contribution in [3.8, 4) is 0 Å². The fraction of sp³-hybridized carbons (Fsp3) is 0.500. The van der Waals surface area contributed by atoms with E-state index >= 15 is 0 Å². The Morgan fingerprint density at radius 3 is 2.77 bits per heavy atom. The summed E-state index contributed by atoms with van der Waals surface area (Å²) in [5, 5.41) is 6.63. The summed E-state index contributed by atoms with van der Waals surface area (Å²) in [6, 6.07) is 0. The number of nitrogens with two attached hydrogens (primary N) is 1. The summed E-state index contributed by atoms with van der Waals surface area (Å²) in [5.74, 6) is -0.828. The van der Waals surface area contributed by atoms with Gasteiger partial charge in [-0.25, -0.2) is 0 Å². The first kappa shape index (κ1) is 9.72. The summed E-state index contributed by atoms with van der Waals surface area (Å²) in [5.41, 5.74) is 3.08. The van der Waals surface area contributed by atoms with Gasteiger partial charge in [0.15, 0.2) is 5.70 Å². The first-order chi connectivity index (χ1) is 5.93. The molecule has 1 rings (SSSR count). The standard InChI is InChI=1S/C6H7F2N3O2/c1-6(13-5(7)8)2-3(4(9)12)10-11-6/h2,5H,1H3,(H2,9,12). The van der Waals surface area contributed by atoms with Gasteiger partial charge < -0.3 is 5.73 Å². The number of halogens is 2. The van der Waals surface area contributed by atoms with Crippen molar-refractivity contribution < 1.29 is 18.3 Å². The number of hydrogen-bond donors (Lipinski definition) is 1. The lowest BCUT2D eigenvalue weighted by atomic mass is 10.2. The summed E-state index contributed by atoms with van der Waals surface area (Å²) >= 11 is 0. The van der Waals surface area contributed by atoms with Crippen molar-refractivity contribution in [2.45, 2.75) is 19.3 Å². The molecule has 1 atom stereocenters. The lowest BCUT2D eigenvalue weighted by molar-refractivity contribution is -0.183.